The van der Waals surface area contributed by atoms with Gasteiger partial charge in [-0.25, -0.2) is 9.07 Å². The number of fused-ring (bicyclic) bond motifs is 3. The number of nitrogens with zero attached hydrogens (tertiary/aromatic N) is 3. The van der Waals surface area contributed by atoms with Crippen molar-refractivity contribution in [3.63, 3.8) is 0 Å². The Morgan fingerprint density at radius 2 is 1.64 bits per heavy atom. The summed E-state index contributed by atoms with van der Waals surface area (Å²) in [5.74, 6) is 0.280. The third-order valence-corrected chi connectivity index (χ3v) is 6.48. The van der Waals surface area contributed by atoms with Crippen LogP contribution in [0.3, 0.4) is 0 Å². The minimum absolute atomic E-state index is 0.0723. The van der Waals surface area contributed by atoms with Crippen LogP contribution in [0.5, 0.6) is 0 Å². The molecule has 1 aromatic heterocycles. The third kappa shape index (κ3) is 3.01. The first-order valence-corrected chi connectivity index (χ1v) is 10.3. The van der Waals surface area contributed by atoms with E-state index in [1.807, 2.05) is 18.0 Å². The Balaban J connectivity index is 1.39. The van der Waals surface area contributed by atoms with Crippen LogP contribution >= 0.6 is 23.4 Å². The number of halogens is 2. The average molecular weight is 408 g/mol. The minimum atomic E-state index is -0.445. The molecule has 0 N–H and O–H groups in total. The number of hydrogen-bond acceptors (Lipinski definition) is 3. The van der Waals surface area contributed by atoms with E-state index < -0.39 is 5.82 Å². The molecule has 5 rings (SSSR count). The topological polar surface area (TPSA) is 30.7 Å². The van der Waals surface area contributed by atoms with Crippen LogP contribution in [0.1, 0.15) is 22.1 Å². The molecule has 0 aliphatic heterocycles. The van der Waals surface area contributed by atoms with Gasteiger partial charge in [-0.05, 0) is 40.5 Å². The van der Waals surface area contributed by atoms with Crippen LogP contribution in [0.4, 0.5) is 4.39 Å². The molecule has 0 spiro atoms. The second-order valence-electron chi connectivity index (χ2n) is 6.62. The van der Waals surface area contributed by atoms with Crippen LogP contribution in [0, 0.1) is 5.82 Å². The lowest BCUT2D eigenvalue weighted by Gasteiger charge is -2.12. The highest BCUT2D eigenvalue weighted by Crippen LogP contribution is 2.50. The summed E-state index contributed by atoms with van der Waals surface area (Å²) in [6, 6.07) is 21.6. The third-order valence-electron chi connectivity index (χ3n) is 4.88. The number of benzene rings is 3. The molecule has 0 amide bonds. The van der Waals surface area contributed by atoms with Gasteiger partial charge in [-0.3, -0.25) is 0 Å². The second-order valence-corrected chi connectivity index (χ2v) is 8.12. The standard InChI is InChI=1S/C22H15ClFN3S/c23-20-11-15(9-10-21(20)24)27-12-14(25-26-27)13-28-22-18-7-3-1-5-16(18)17-6-2-4-8-19(17)22/h1-12,22H,13H2. The van der Waals surface area contributed by atoms with Crippen LogP contribution < -0.4 is 0 Å². The molecule has 0 saturated heterocycles. The molecule has 0 unspecified atom stereocenters. The van der Waals surface area contributed by atoms with Gasteiger partial charge in [0.15, 0.2) is 0 Å². The van der Waals surface area contributed by atoms with Crippen molar-refractivity contribution in [2.24, 2.45) is 0 Å². The first kappa shape index (κ1) is 17.5. The first-order valence-electron chi connectivity index (χ1n) is 8.87. The maximum absolute atomic E-state index is 13.4. The van der Waals surface area contributed by atoms with Crippen molar-refractivity contribution < 1.29 is 4.39 Å². The largest absolute Gasteiger partial charge is 0.220 e. The molecule has 0 fully saturated rings. The van der Waals surface area contributed by atoms with Crippen molar-refractivity contribution >= 4 is 23.4 Å². The Labute approximate surface area is 171 Å². The molecule has 4 aromatic rings. The van der Waals surface area contributed by atoms with Crippen LogP contribution in [0.15, 0.2) is 72.9 Å². The molecule has 6 heteroatoms. The van der Waals surface area contributed by atoms with E-state index >= 15 is 0 Å². The van der Waals surface area contributed by atoms with Crippen molar-refractivity contribution in [1.82, 2.24) is 15.0 Å². The quantitative estimate of drug-likeness (QED) is 0.411. The smallest absolute Gasteiger partial charge is 0.141 e. The molecule has 1 aliphatic carbocycles. The summed E-state index contributed by atoms with van der Waals surface area (Å²) in [7, 11) is 0. The van der Waals surface area contributed by atoms with Crippen molar-refractivity contribution in [3.05, 3.63) is 101 Å². The van der Waals surface area contributed by atoms with Gasteiger partial charge in [-0.2, -0.15) is 0 Å². The lowest BCUT2D eigenvalue weighted by atomic mass is 10.1. The van der Waals surface area contributed by atoms with Gasteiger partial charge in [0, 0.05) is 5.75 Å². The Morgan fingerprint density at radius 1 is 0.964 bits per heavy atom. The Hall–Kier alpha value is -2.63. The molecule has 3 aromatic carbocycles. The van der Waals surface area contributed by atoms with E-state index in [1.54, 1.807) is 16.8 Å². The first-order chi connectivity index (χ1) is 13.7. The molecule has 0 bridgehead atoms. The van der Waals surface area contributed by atoms with Crippen molar-refractivity contribution in [1.29, 1.82) is 0 Å². The molecular weight excluding hydrogens is 393 g/mol. The maximum Gasteiger partial charge on any atom is 0.141 e. The van der Waals surface area contributed by atoms with Gasteiger partial charge in [0.1, 0.15) is 5.82 Å². The molecule has 0 atom stereocenters. The fourth-order valence-corrected chi connectivity index (χ4v) is 4.99. The van der Waals surface area contributed by atoms with E-state index in [0.717, 1.165) is 11.4 Å². The Bertz CT molecular complexity index is 1130. The normalized spacial score (nSPS) is 12.8. The van der Waals surface area contributed by atoms with Crippen LogP contribution in [-0.2, 0) is 5.75 Å². The molecular formula is C22H15ClFN3S. The summed E-state index contributed by atoms with van der Waals surface area (Å²) >= 11 is 7.71. The van der Waals surface area contributed by atoms with Gasteiger partial charge in [0.25, 0.3) is 0 Å². The van der Waals surface area contributed by atoms with E-state index in [2.05, 4.69) is 58.8 Å². The molecule has 3 nitrogen and oxygen atoms in total. The van der Waals surface area contributed by atoms with Gasteiger partial charge in [0.2, 0.25) is 0 Å². The van der Waals surface area contributed by atoms with E-state index in [9.17, 15) is 4.39 Å². The van der Waals surface area contributed by atoms with Gasteiger partial charge < -0.3 is 0 Å². The predicted molar refractivity (Wildman–Crippen MR) is 111 cm³/mol. The van der Waals surface area contributed by atoms with Gasteiger partial charge in [-0.1, -0.05) is 65.3 Å². The second kappa shape index (κ2) is 7.08. The molecule has 1 heterocycles. The zero-order valence-corrected chi connectivity index (χ0v) is 16.3. The van der Waals surface area contributed by atoms with Gasteiger partial charge in [-0.15, -0.1) is 16.9 Å². The van der Waals surface area contributed by atoms with Gasteiger partial charge in [0.05, 0.1) is 27.9 Å². The summed E-state index contributed by atoms with van der Waals surface area (Å²) in [5, 5.41) is 8.78. The maximum atomic E-state index is 13.4. The van der Waals surface area contributed by atoms with Crippen molar-refractivity contribution in [2.75, 3.05) is 0 Å². The predicted octanol–water partition coefficient (Wildman–Crippen LogP) is 6.06. The van der Waals surface area contributed by atoms with Gasteiger partial charge >= 0.3 is 0 Å². The average Bonchev–Trinajstić information content (AvgIpc) is 3.31. The SMILES string of the molecule is Fc1ccc(-n2cc(CSC3c4ccccc4-c4ccccc43)nn2)cc1Cl. The summed E-state index contributed by atoms with van der Waals surface area (Å²) in [5.41, 5.74) is 6.84. The number of hydrogen-bond donors (Lipinski definition) is 0. The molecule has 28 heavy (non-hydrogen) atoms. The highest BCUT2D eigenvalue weighted by atomic mass is 35.5. The molecule has 0 radical (unpaired) electrons. The van der Waals surface area contributed by atoms with E-state index in [0.29, 0.717) is 5.69 Å². The fourth-order valence-electron chi connectivity index (χ4n) is 3.58. The minimum Gasteiger partial charge on any atom is -0.220 e. The van der Waals surface area contributed by atoms with Crippen LogP contribution in [0.2, 0.25) is 5.02 Å². The molecule has 0 saturated carbocycles. The number of rotatable bonds is 4. The number of aromatic nitrogens is 3. The summed E-state index contributed by atoms with van der Waals surface area (Å²) < 4.78 is 15.0. The summed E-state index contributed by atoms with van der Waals surface area (Å²) in [6.45, 7) is 0. The lowest BCUT2D eigenvalue weighted by Crippen LogP contribution is -1.95. The fraction of sp³-hybridized carbons (Fsp3) is 0.0909. The summed E-state index contributed by atoms with van der Waals surface area (Å²) in [4.78, 5) is 0. The van der Waals surface area contributed by atoms with Crippen molar-refractivity contribution in [2.45, 2.75) is 11.0 Å². The lowest BCUT2D eigenvalue weighted by molar-refractivity contribution is 0.627. The highest BCUT2D eigenvalue weighted by molar-refractivity contribution is 7.99. The Morgan fingerprint density at radius 3 is 2.32 bits per heavy atom. The molecule has 1 aliphatic rings. The van der Waals surface area contributed by atoms with Crippen molar-refractivity contribution in [3.8, 4) is 16.8 Å². The molecule has 138 valence electrons. The van der Waals surface area contributed by atoms with Crippen LogP contribution in [0.25, 0.3) is 16.8 Å². The van der Waals surface area contributed by atoms with E-state index in [4.69, 9.17) is 11.6 Å². The number of thioether (sulfide) groups is 1. The summed E-state index contributed by atoms with van der Waals surface area (Å²) in [6.07, 6.45) is 1.86. The zero-order valence-electron chi connectivity index (χ0n) is 14.7. The highest BCUT2D eigenvalue weighted by Gasteiger charge is 2.28. The Kier molecular flexibility index (Phi) is 4.41. The van der Waals surface area contributed by atoms with Crippen LogP contribution in [-0.4, -0.2) is 15.0 Å². The zero-order chi connectivity index (χ0) is 19.1. The van der Waals surface area contributed by atoms with E-state index in [-0.39, 0.29) is 10.3 Å². The monoisotopic (exact) mass is 407 g/mol. The van der Waals surface area contributed by atoms with E-state index in [1.165, 1.54) is 28.3 Å².